The van der Waals surface area contributed by atoms with E-state index in [1.807, 2.05) is 24.3 Å². The molecule has 1 unspecified atom stereocenters. The largest absolute Gasteiger partial charge is 0.484 e. The van der Waals surface area contributed by atoms with Crippen LogP contribution in [0, 0.1) is 0 Å². The maximum absolute atomic E-state index is 12.2. The highest BCUT2D eigenvalue weighted by molar-refractivity contribution is 5.87. The molecule has 0 bridgehead atoms. The molecule has 1 fully saturated rings. The molecule has 2 rings (SSSR count). The number of nitrogens with zero attached hydrogens (tertiary/aromatic N) is 1. The van der Waals surface area contributed by atoms with Crippen molar-refractivity contribution in [2.45, 2.75) is 32.7 Å². The van der Waals surface area contributed by atoms with Crippen LogP contribution in [0.1, 0.15) is 32.3 Å². The van der Waals surface area contributed by atoms with Crippen LogP contribution in [-0.4, -0.2) is 55.7 Å². The number of nitrogens with one attached hydrogen (secondary N) is 1. The monoisotopic (exact) mass is 334 g/mol. The number of rotatable bonds is 6. The van der Waals surface area contributed by atoms with Gasteiger partial charge in [-0.3, -0.25) is 9.59 Å². The lowest BCUT2D eigenvalue weighted by Crippen LogP contribution is -2.51. The Balaban J connectivity index is 1.76. The highest BCUT2D eigenvalue weighted by atomic mass is 16.5. The molecule has 132 valence electrons. The van der Waals surface area contributed by atoms with Crippen LogP contribution < -0.4 is 10.1 Å². The first-order chi connectivity index (χ1) is 11.5. The third-order valence-electron chi connectivity index (χ3n) is 3.99. The summed E-state index contributed by atoms with van der Waals surface area (Å²) in [6.07, 6.45) is 0. The van der Waals surface area contributed by atoms with Crippen molar-refractivity contribution in [3.63, 3.8) is 0 Å². The van der Waals surface area contributed by atoms with Crippen molar-refractivity contribution < 1.29 is 19.1 Å². The number of hydrogen-bond acceptors (Lipinski definition) is 4. The Kier molecular flexibility index (Phi) is 6.61. The van der Waals surface area contributed by atoms with Gasteiger partial charge in [0.15, 0.2) is 6.61 Å². The van der Waals surface area contributed by atoms with Crippen molar-refractivity contribution in [3.05, 3.63) is 29.8 Å². The van der Waals surface area contributed by atoms with Gasteiger partial charge in [-0.2, -0.15) is 0 Å². The number of hydrogen-bond donors (Lipinski definition) is 1. The molecular formula is C18H26N2O4. The van der Waals surface area contributed by atoms with Gasteiger partial charge in [0.05, 0.1) is 13.2 Å². The lowest BCUT2D eigenvalue weighted by Gasteiger charge is -2.29. The van der Waals surface area contributed by atoms with Crippen LogP contribution in [0.2, 0.25) is 0 Å². The number of morpholine rings is 1. The maximum Gasteiger partial charge on any atom is 0.258 e. The second-order valence-electron chi connectivity index (χ2n) is 6.24. The Bertz CT molecular complexity index is 551. The average Bonchev–Trinajstić information content (AvgIpc) is 2.60. The molecule has 1 saturated heterocycles. The van der Waals surface area contributed by atoms with Gasteiger partial charge < -0.3 is 19.7 Å². The third-order valence-corrected chi connectivity index (χ3v) is 3.99. The summed E-state index contributed by atoms with van der Waals surface area (Å²) in [5.74, 6) is 0.695. The Morgan fingerprint density at radius 2 is 1.79 bits per heavy atom. The van der Waals surface area contributed by atoms with E-state index in [0.717, 1.165) is 0 Å². The zero-order valence-corrected chi connectivity index (χ0v) is 14.6. The smallest absolute Gasteiger partial charge is 0.258 e. The highest BCUT2D eigenvalue weighted by Gasteiger charge is 2.23. The van der Waals surface area contributed by atoms with Gasteiger partial charge in [-0.1, -0.05) is 26.0 Å². The molecule has 1 heterocycles. The SMILES string of the molecule is CC(NC(=O)COc1ccc(C(C)C)cc1)C(=O)N1CCOCC1. The molecule has 1 aromatic carbocycles. The second-order valence-corrected chi connectivity index (χ2v) is 6.24. The van der Waals surface area contributed by atoms with E-state index in [0.29, 0.717) is 38.0 Å². The molecule has 0 saturated carbocycles. The Morgan fingerprint density at radius 1 is 1.17 bits per heavy atom. The minimum atomic E-state index is -0.567. The summed E-state index contributed by atoms with van der Waals surface area (Å²) in [6, 6.07) is 7.11. The highest BCUT2D eigenvalue weighted by Crippen LogP contribution is 2.18. The Morgan fingerprint density at radius 3 is 2.38 bits per heavy atom. The van der Waals surface area contributed by atoms with Gasteiger partial charge in [0.25, 0.3) is 5.91 Å². The summed E-state index contributed by atoms with van der Waals surface area (Å²) in [6.45, 7) is 8.04. The van der Waals surface area contributed by atoms with Gasteiger partial charge in [0.2, 0.25) is 5.91 Å². The van der Waals surface area contributed by atoms with Crippen molar-refractivity contribution >= 4 is 11.8 Å². The molecule has 6 nitrogen and oxygen atoms in total. The van der Waals surface area contributed by atoms with E-state index in [1.54, 1.807) is 11.8 Å². The van der Waals surface area contributed by atoms with E-state index in [1.165, 1.54) is 5.56 Å². The molecule has 24 heavy (non-hydrogen) atoms. The summed E-state index contributed by atoms with van der Waals surface area (Å²) in [4.78, 5) is 25.9. The second kappa shape index (κ2) is 8.68. The van der Waals surface area contributed by atoms with Gasteiger partial charge in [-0.15, -0.1) is 0 Å². The first-order valence-corrected chi connectivity index (χ1v) is 8.36. The minimum Gasteiger partial charge on any atom is -0.484 e. The van der Waals surface area contributed by atoms with Gasteiger partial charge >= 0.3 is 0 Å². The van der Waals surface area contributed by atoms with Gasteiger partial charge in [0, 0.05) is 13.1 Å². The molecular weight excluding hydrogens is 308 g/mol. The summed E-state index contributed by atoms with van der Waals surface area (Å²) >= 11 is 0. The van der Waals surface area contributed by atoms with Crippen molar-refractivity contribution in [1.82, 2.24) is 10.2 Å². The van der Waals surface area contributed by atoms with Crippen LogP contribution in [0.4, 0.5) is 0 Å². The molecule has 0 spiro atoms. The van der Waals surface area contributed by atoms with Crippen LogP contribution in [0.5, 0.6) is 5.75 Å². The molecule has 1 atom stereocenters. The van der Waals surface area contributed by atoms with E-state index >= 15 is 0 Å². The topological polar surface area (TPSA) is 67.9 Å². The van der Waals surface area contributed by atoms with Crippen molar-refractivity contribution in [1.29, 1.82) is 0 Å². The first kappa shape index (κ1) is 18.3. The molecule has 1 N–H and O–H groups in total. The Hall–Kier alpha value is -2.08. The van der Waals surface area contributed by atoms with Crippen molar-refractivity contribution in [3.8, 4) is 5.75 Å². The van der Waals surface area contributed by atoms with Crippen LogP contribution in [0.3, 0.4) is 0 Å². The quantitative estimate of drug-likeness (QED) is 0.857. The van der Waals surface area contributed by atoms with E-state index in [4.69, 9.17) is 9.47 Å². The van der Waals surface area contributed by atoms with Crippen molar-refractivity contribution in [2.24, 2.45) is 0 Å². The molecule has 1 aromatic rings. The van der Waals surface area contributed by atoms with Crippen LogP contribution in [0.25, 0.3) is 0 Å². The summed E-state index contributed by atoms with van der Waals surface area (Å²) < 4.78 is 10.7. The fourth-order valence-electron chi connectivity index (χ4n) is 2.50. The summed E-state index contributed by atoms with van der Waals surface area (Å²) in [5, 5.41) is 2.68. The van der Waals surface area contributed by atoms with E-state index < -0.39 is 6.04 Å². The number of carbonyl (C=O) groups excluding carboxylic acids is 2. The number of benzene rings is 1. The van der Waals surface area contributed by atoms with E-state index in [-0.39, 0.29) is 18.4 Å². The van der Waals surface area contributed by atoms with Crippen molar-refractivity contribution in [2.75, 3.05) is 32.9 Å². The summed E-state index contributed by atoms with van der Waals surface area (Å²) in [7, 11) is 0. The summed E-state index contributed by atoms with van der Waals surface area (Å²) in [5.41, 5.74) is 1.22. The van der Waals surface area contributed by atoms with Gasteiger partial charge in [0.1, 0.15) is 11.8 Å². The van der Waals surface area contributed by atoms with Crippen LogP contribution >= 0.6 is 0 Å². The predicted octanol–water partition coefficient (Wildman–Crippen LogP) is 1.55. The fourth-order valence-corrected chi connectivity index (χ4v) is 2.50. The lowest BCUT2D eigenvalue weighted by atomic mass is 10.0. The molecule has 0 aliphatic carbocycles. The first-order valence-electron chi connectivity index (χ1n) is 8.36. The Labute approximate surface area is 143 Å². The molecule has 2 amide bonds. The molecule has 1 aliphatic heterocycles. The van der Waals surface area contributed by atoms with E-state index in [2.05, 4.69) is 19.2 Å². The van der Waals surface area contributed by atoms with Crippen LogP contribution in [0.15, 0.2) is 24.3 Å². The predicted molar refractivity (Wildman–Crippen MR) is 91.0 cm³/mol. The average molecular weight is 334 g/mol. The normalized spacial score (nSPS) is 15.9. The lowest BCUT2D eigenvalue weighted by molar-refractivity contribution is -0.139. The molecule has 1 aliphatic rings. The number of amides is 2. The van der Waals surface area contributed by atoms with Crippen LogP contribution in [-0.2, 0) is 14.3 Å². The fraction of sp³-hybridized carbons (Fsp3) is 0.556. The van der Waals surface area contributed by atoms with E-state index in [9.17, 15) is 9.59 Å². The molecule has 6 heteroatoms. The maximum atomic E-state index is 12.2. The van der Waals surface area contributed by atoms with Gasteiger partial charge in [-0.05, 0) is 30.5 Å². The minimum absolute atomic E-state index is 0.0899. The third kappa shape index (κ3) is 5.23. The number of ether oxygens (including phenoxy) is 2. The standard InChI is InChI=1S/C18H26N2O4/c1-13(2)15-4-6-16(7-5-15)24-12-17(21)19-14(3)18(22)20-8-10-23-11-9-20/h4-7,13-14H,8-12H2,1-3H3,(H,19,21). The zero-order valence-electron chi connectivity index (χ0n) is 14.6. The molecule has 0 radical (unpaired) electrons. The zero-order chi connectivity index (χ0) is 17.5. The van der Waals surface area contributed by atoms with Gasteiger partial charge in [-0.25, -0.2) is 0 Å². The molecule has 0 aromatic heterocycles. The number of carbonyl (C=O) groups is 2.